The van der Waals surface area contributed by atoms with Crippen molar-refractivity contribution in [3.8, 4) is 0 Å². The normalized spacial score (nSPS) is 17.2. The highest BCUT2D eigenvalue weighted by Gasteiger charge is 2.25. The van der Waals surface area contributed by atoms with Crippen molar-refractivity contribution in [1.29, 1.82) is 0 Å². The number of rotatable bonds is 4. The third kappa shape index (κ3) is 3.53. The molecule has 0 saturated carbocycles. The van der Waals surface area contributed by atoms with Crippen molar-refractivity contribution in [3.63, 3.8) is 0 Å². The van der Waals surface area contributed by atoms with E-state index in [0.717, 1.165) is 15.0 Å². The highest BCUT2D eigenvalue weighted by Crippen LogP contribution is 2.18. The molecule has 1 amide bonds. The molecule has 0 saturated heterocycles. The van der Waals surface area contributed by atoms with E-state index in [1.807, 2.05) is 5.38 Å². The second-order valence-corrected chi connectivity index (χ2v) is 7.81. The summed E-state index contributed by atoms with van der Waals surface area (Å²) in [6, 6.07) is 0. The fourth-order valence-corrected chi connectivity index (χ4v) is 3.48. The van der Waals surface area contributed by atoms with Crippen LogP contribution in [0.4, 0.5) is 0 Å². The number of hydrogen-bond acceptors (Lipinski definition) is 5. The number of thiazole rings is 1. The molecule has 0 atom stereocenters. The molecule has 9 heteroatoms. The Kier molecular flexibility index (Phi) is 4.66. The summed E-state index contributed by atoms with van der Waals surface area (Å²) in [5.74, 6) is -0.0284. The Morgan fingerprint density at radius 1 is 1.45 bits per heavy atom. The quantitative estimate of drug-likeness (QED) is 0.896. The smallest absolute Gasteiger partial charge is 0.344 e. The fourth-order valence-electron chi connectivity index (χ4n) is 1.77. The number of amides is 1. The van der Waals surface area contributed by atoms with Crippen LogP contribution < -0.4 is 5.32 Å². The van der Waals surface area contributed by atoms with Gasteiger partial charge < -0.3 is 5.32 Å². The molecule has 1 N–H and O–H groups in total. The molecule has 0 fully saturated rings. The van der Waals surface area contributed by atoms with Crippen molar-refractivity contribution in [2.45, 2.75) is 33.2 Å². The Hall–Kier alpha value is -1.74. The predicted molar refractivity (Wildman–Crippen MR) is 85.9 cm³/mol. The molecule has 0 aliphatic carbocycles. The van der Waals surface area contributed by atoms with Crippen LogP contribution in [0.3, 0.4) is 0 Å². The van der Waals surface area contributed by atoms with E-state index in [0.29, 0.717) is 12.5 Å². The van der Waals surface area contributed by atoms with Gasteiger partial charge in [-0.25, -0.2) is 4.98 Å². The third-order valence-electron chi connectivity index (χ3n) is 3.12. The molecule has 2 heterocycles. The lowest BCUT2D eigenvalue weighted by molar-refractivity contribution is -0.117. The maximum absolute atomic E-state index is 12.2. The third-order valence-corrected chi connectivity index (χ3v) is 5.33. The first kappa shape index (κ1) is 16.6. The molecule has 7 nitrogen and oxygen atoms in total. The first-order valence-corrected chi connectivity index (χ1v) is 8.97. The first-order chi connectivity index (χ1) is 10.2. The SMILES string of the molecule is CC1=NS(=O)(=O)N(C)C=C1C(=O)NCc1nc(C(C)C)cs1. The molecular formula is C13H18N4O3S2. The zero-order valence-electron chi connectivity index (χ0n) is 12.8. The zero-order valence-corrected chi connectivity index (χ0v) is 14.5. The molecule has 0 radical (unpaired) electrons. The Balaban J connectivity index is 2.05. The summed E-state index contributed by atoms with van der Waals surface area (Å²) in [5.41, 5.74) is 1.41. The van der Waals surface area contributed by atoms with Crippen molar-refractivity contribution < 1.29 is 13.2 Å². The number of hydrogen-bond donors (Lipinski definition) is 1. The molecule has 0 bridgehead atoms. The van der Waals surface area contributed by atoms with Gasteiger partial charge >= 0.3 is 10.2 Å². The van der Waals surface area contributed by atoms with Crippen LogP contribution in [-0.4, -0.2) is 36.4 Å². The van der Waals surface area contributed by atoms with E-state index < -0.39 is 10.2 Å². The standard InChI is InChI=1S/C13H18N4O3S2/c1-8(2)11-7-21-12(15-11)5-14-13(18)10-6-17(4)22(19,20)16-9(10)3/h6-8H,5H2,1-4H3,(H,14,18). The summed E-state index contributed by atoms with van der Waals surface area (Å²) in [6.07, 6.45) is 1.27. The van der Waals surface area contributed by atoms with Gasteiger partial charge in [-0.3, -0.25) is 9.10 Å². The number of aromatic nitrogens is 1. The van der Waals surface area contributed by atoms with Crippen molar-refractivity contribution in [1.82, 2.24) is 14.6 Å². The molecule has 2 rings (SSSR count). The van der Waals surface area contributed by atoms with Gasteiger partial charge in [0.2, 0.25) is 0 Å². The lowest BCUT2D eigenvalue weighted by Crippen LogP contribution is -2.33. The van der Waals surface area contributed by atoms with Crippen LogP contribution in [0, 0.1) is 0 Å². The summed E-state index contributed by atoms with van der Waals surface area (Å²) in [4.78, 5) is 16.6. The minimum absolute atomic E-state index is 0.178. The summed E-state index contributed by atoms with van der Waals surface area (Å²) in [5, 5.41) is 5.52. The van der Waals surface area contributed by atoms with Crippen LogP contribution in [0.1, 0.15) is 37.4 Å². The zero-order chi connectivity index (χ0) is 16.5. The number of carbonyl (C=O) groups excluding carboxylic acids is 1. The van der Waals surface area contributed by atoms with Gasteiger partial charge in [0.05, 0.1) is 23.5 Å². The topological polar surface area (TPSA) is 91.7 Å². The molecule has 0 spiro atoms. The lowest BCUT2D eigenvalue weighted by atomic mass is 10.2. The number of nitrogens with zero attached hydrogens (tertiary/aromatic N) is 3. The Labute approximate surface area is 134 Å². The van der Waals surface area contributed by atoms with Gasteiger partial charge in [-0.2, -0.15) is 8.42 Å². The van der Waals surface area contributed by atoms with Gasteiger partial charge in [0, 0.05) is 18.6 Å². The largest absolute Gasteiger partial charge is 0.345 e. The van der Waals surface area contributed by atoms with Crippen molar-refractivity contribution >= 4 is 33.2 Å². The maximum atomic E-state index is 12.2. The number of nitrogens with one attached hydrogen (secondary N) is 1. The van der Waals surface area contributed by atoms with Gasteiger partial charge in [0.1, 0.15) is 5.01 Å². The highest BCUT2D eigenvalue weighted by atomic mass is 32.2. The van der Waals surface area contributed by atoms with Crippen molar-refractivity contribution in [3.05, 3.63) is 27.9 Å². The van der Waals surface area contributed by atoms with Gasteiger partial charge in [-0.15, -0.1) is 15.7 Å². The molecule has 0 unspecified atom stereocenters. The predicted octanol–water partition coefficient (Wildman–Crippen LogP) is 1.42. The van der Waals surface area contributed by atoms with Gasteiger partial charge in [0.25, 0.3) is 5.91 Å². The molecular weight excluding hydrogens is 324 g/mol. The van der Waals surface area contributed by atoms with E-state index in [2.05, 4.69) is 28.5 Å². The van der Waals surface area contributed by atoms with E-state index in [-0.39, 0.29) is 17.2 Å². The second-order valence-electron chi connectivity index (χ2n) is 5.22. The van der Waals surface area contributed by atoms with Crippen molar-refractivity contribution in [2.24, 2.45) is 4.40 Å². The highest BCUT2D eigenvalue weighted by molar-refractivity contribution is 7.88. The Morgan fingerprint density at radius 2 is 2.14 bits per heavy atom. The Bertz CT molecular complexity index is 747. The molecule has 120 valence electrons. The Morgan fingerprint density at radius 3 is 2.73 bits per heavy atom. The minimum Gasteiger partial charge on any atom is -0.345 e. The molecule has 1 aromatic rings. The molecule has 22 heavy (non-hydrogen) atoms. The van der Waals surface area contributed by atoms with Gasteiger partial charge in [-0.1, -0.05) is 13.8 Å². The van der Waals surface area contributed by atoms with Crippen LogP contribution >= 0.6 is 11.3 Å². The van der Waals surface area contributed by atoms with Crippen LogP contribution in [0.2, 0.25) is 0 Å². The van der Waals surface area contributed by atoms with Gasteiger partial charge in [-0.05, 0) is 12.8 Å². The van der Waals surface area contributed by atoms with Crippen LogP contribution in [0.15, 0.2) is 21.6 Å². The van der Waals surface area contributed by atoms with E-state index >= 15 is 0 Å². The molecule has 1 aromatic heterocycles. The van der Waals surface area contributed by atoms with E-state index in [1.165, 1.54) is 31.5 Å². The maximum Gasteiger partial charge on any atom is 0.344 e. The molecule has 0 aromatic carbocycles. The summed E-state index contributed by atoms with van der Waals surface area (Å²) in [6.45, 7) is 5.91. The molecule has 1 aliphatic heterocycles. The van der Waals surface area contributed by atoms with Crippen LogP contribution in [0.25, 0.3) is 0 Å². The average molecular weight is 342 g/mol. The summed E-state index contributed by atoms with van der Waals surface area (Å²) >= 11 is 1.49. The van der Waals surface area contributed by atoms with Crippen LogP contribution in [-0.2, 0) is 21.5 Å². The van der Waals surface area contributed by atoms with E-state index in [9.17, 15) is 13.2 Å². The average Bonchev–Trinajstić information content (AvgIpc) is 2.88. The summed E-state index contributed by atoms with van der Waals surface area (Å²) < 4.78 is 27.6. The van der Waals surface area contributed by atoms with E-state index in [4.69, 9.17) is 0 Å². The summed E-state index contributed by atoms with van der Waals surface area (Å²) in [7, 11) is -2.35. The van der Waals surface area contributed by atoms with Crippen LogP contribution in [0.5, 0.6) is 0 Å². The van der Waals surface area contributed by atoms with Crippen molar-refractivity contribution in [2.75, 3.05) is 7.05 Å². The first-order valence-electron chi connectivity index (χ1n) is 6.70. The fraction of sp³-hybridized carbons (Fsp3) is 0.462. The monoisotopic (exact) mass is 342 g/mol. The van der Waals surface area contributed by atoms with E-state index in [1.54, 1.807) is 0 Å². The lowest BCUT2D eigenvalue weighted by Gasteiger charge is -2.19. The minimum atomic E-state index is -3.70. The molecule has 1 aliphatic rings. The second kappa shape index (κ2) is 6.17. The number of carbonyl (C=O) groups is 1. The van der Waals surface area contributed by atoms with Gasteiger partial charge in [0.15, 0.2) is 0 Å².